The number of aliphatic hydroxyl groups is 1. The van der Waals surface area contributed by atoms with Crippen molar-refractivity contribution in [3.05, 3.63) is 105 Å². The van der Waals surface area contributed by atoms with E-state index >= 15 is 0 Å². The van der Waals surface area contributed by atoms with E-state index in [1.165, 1.54) is 78.1 Å². The summed E-state index contributed by atoms with van der Waals surface area (Å²) in [5, 5.41) is 12.5. The molecule has 0 bridgehead atoms. The number of halogens is 23. The van der Waals surface area contributed by atoms with E-state index in [0.717, 1.165) is 0 Å². The molecule has 0 radical (unpaired) electrons. The first-order valence-electron chi connectivity index (χ1n) is 13.6. The van der Waals surface area contributed by atoms with Gasteiger partial charge in [0, 0.05) is 31.8 Å². The summed E-state index contributed by atoms with van der Waals surface area (Å²) in [5.74, 6) is -3.40. The smallest absolute Gasteiger partial charge is 0.366 e. The fourth-order valence-corrected chi connectivity index (χ4v) is 3.45. The molecule has 0 aliphatic carbocycles. The molecule has 58 heavy (non-hydrogen) atoms. The number of aliphatic imine (C=N–C) groups is 1. The first-order chi connectivity index (χ1) is 25.9. The van der Waals surface area contributed by atoms with Crippen LogP contribution in [0.5, 0.6) is 0 Å². The maximum Gasteiger partial charge on any atom is 0.433 e. The third kappa shape index (κ3) is 33.1. The van der Waals surface area contributed by atoms with E-state index in [2.05, 4.69) is 4.99 Å². The van der Waals surface area contributed by atoms with E-state index in [-0.39, 0.29) is 16.3 Å². The number of carbonyl (C=O) groups excluding carboxylic acids is 2. The average molecular weight is 1160 g/mol. The van der Waals surface area contributed by atoms with Crippen molar-refractivity contribution in [3.8, 4) is 0 Å². The van der Waals surface area contributed by atoms with Gasteiger partial charge in [-0.25, -0.2) is 4.99 Å². The summed E-state index contributed by atoms with van der Waals surface area (Å²) in [6.07, 6.45) is -17.1. The van der Waals surface area contributed by atoms with Gasteiger partial charge >= 0.3 is 78.1 Å². The van der Waals surface area contributed by atoms with Crippen molar-refractivity contribution in [2.24, 2.45) is 4.99 Å². The number of nitrogens with one attached hydrogen (secondary N) is 2. The molecule has 0 aliphatic rings. The van der Waals surface area contributed by atoms with E-state index in [9.17, 15) is 49.1 Å². The van der Waals surface area contributed by atoms with E-state index in [4.69, 9.17) is 165 Å². The Morgan fingerprint density at radius 3 is 1.12 bits per heavy atom. The second-order valence-electron chi connectivity index (χ2n) is 9.47. The Morgan fingerprint density at radius 2 is 0.862 bits per heavy atom. The molecule has 3 unspecified atom stereocenters. The first-order valence-corrected chi connectivity index (χ1v) is 27.3. The number of aliphatic hydroxyl groups excluding tert-OH is 1. The van der Waals surface area contributed by atoms with Crippen molar-refractivity contribution in [3.63, 3.8) is 0 Å². The van der Waals surface area contributed by atoms with Crippen LogP contribution in [0.3, 0.4) is 0 Å². The van der Waals surface area contributed by atoms with Gasteiger partial charge in [-0.05, 0) is 60.7 Å². The minimum absolute atomic E-state index is 0.0206. The quantitative estimate of drug-likeness (QED) is 0.0574. The Balaban J connectivity index is 0. The van der Waals surface area contributed by atoms with Gasteiger partial charge in [0.25, 0.3) is 17.8 Å². The van der Waals surface area contributed by atoms with Crippen LogP contribution in [-0.2, 0) is 0 Å². The summed E-state index contributed by atoms with van der Waals surface area (Å²) in [5.41, 5.74) is -4.40. The van der Waals surface area contributed by atoms with Crippen LogP contribution >= 0.6 is 169 Å². The Kier molecular flexibility index (Phi) is 28.2. The molecule has 6 nitrogen and oxygen atoms in total. The van der Waals surface area contributed by atoms with E-state index < -0.39 is 56.9 Å². The molecule has 0 fully saturated rings. The molecule has 2 amide bonds. The fraction of sp³-hybridized carbons (Fsp3) is 0.222. The molecule has 0 saturated carbocycles. The van der Waals surface area contributed by atoms with Crippen LogP contribution in [0.25, 0.3) is 0 Å². The van der Waals surface area contributed by atoms with Gasteiger partial charge in [0.2, 0.25) is 17.2 Å². The number of carbonyl (C=O) groups is 2. The van der Waals surface area contributed by atoms with Crippen LogP contribution in [-0.4, -0.2) is 57.9 Å². The van der Waals surface area contributed by atoms with Crippen LogP contribution in [0, 0.1) is 0 Å². The van der Waals surface area contributed by atoms with Gasteiger partial charge in [0.05, 0.1) is 0 Å². The Labute approximate surface area is 392 Å². The maximum absolute atomic E-state index is 12.1. The third-order valence-corrected chi connectivity index (χ3v) is 6.69. The van der Waals surface area contributed by atoms with Crippen molar-refractivity contribution in [2.45, 2.75) is 35.8 Å². The second kappa shape index (κ2) is 27.0. The zero-order valence-corrected chi connectivity index (χ0v) is 39.5. The summed E-state index contributed by atoms with van der Waals surface area (Å²) in [6.45, 7) is 0. The van der Waals surface area contributed by atoms with Crippen molar-refractivity contribution >= 4 is 186 Å². The monoisotopic (exact) mass is 1160 g/mol. The van der Waals surface area contributed by atoms with E-state index in [1.807, 2.05) is 0 Å². The molecular weight excluding hydrogens is 1140 g/mol. The standard InChI is InChI=1S/C9H5Cl3F3N.C9H6Cl2F3NO.C9H7ClF3NO2.Cl5P.Cl3P/c10-6-3-1-5(2-4-6)7(11)16-8(12)9(13,14)15;10-6-3-1-5(2-4-6)7(16)15-8(11)9(12,13)14;10-6-3-1-5(2-4-6)7(15)14-8(16)9(11,12)13;1-6(2,3,4)5;1-4(2)3/h1-4,8H;1-4,8H,(H,15,16);1-4,8,16H,(H,14,15);;/p+1. The molecule has 0 spiro atoms. The summed E-state index contributed by atoms with van der Waals surface area (Å²) in [7, 11) is 0. The van der Waals surface area contributed by atoms with Crippen LogP contribution < -0.4 is 10.6 Å². The predicted octanol–water partition coefficient (Wildman–Crippen LogP) is 16.6. The van der Waals surface area contributed by atoms with E-state index in [0.29, 0.717) is 20.6 Å². The second-order valence-corrected chi connectivity index (χ2v) is 34.2. The molecule has 3 N–H and O–H groups in total. The number of amides is 2. The third-order valence-electron chi connectivity index (χ3n) is 4.92. The Bertz CT molecular complexity index is 1640. The molecule has 330 valence electrons. The van der Waals surface area contributed by atoms with Gasteiger partial charge in [0.1, 0.15) is 38.9 Å². The largest absolute Gasteiger partial charge is 0.433 e. The zero-order chi connectivity index (χ0) is 46.1. The number of rotatable bonds is 6. The van der Waals surface area contributed by atoms with Crippen LogP contribution in [0.15, 0.2) is 77.8 Å². The normalized spacial score (nSPS) is 14.1. The van der Waals surface area contributed by atoms with Crippen LogP contribution in [0.2, 0.25) is 15.1 Å². The first kappa shape index (κ1) is 60.6. The number of hydrogen-bond acceptors (Lipinski definition) is 4. The van der Waals surface area contributed by atoms with Gasteiger partial charge in [0.15, 0.2) is 0 Å². The van der Waals surface area contributed by atoms with Gasteiger partial charge in [-0.15, -0.1) is 0 Å². The van der Waals surface area contributed by atoms with Gasteiger partial charge in [-0.1, -0.05) is 81.7 Å². The molecule has 3 atom stereocenters. The summed E-state index contributed by atoms with van der Waals surface area (Å²) in [4.78, 5) is 25.6. The van der Waals surface area contributed by atoms with Gasteiger partial charge in [-0.2, -0.15) is 39.5 Å². The van der Waals surface area contributed by atoms with Crippen LogP contribution in [0.1, 0.15) is 26.3 Å². The molecule has 0 saturated heterocycles. The number of hydrogen-bond donors (Lipinski definition) is 3. The average Bonchev–Trinajstić information content (AvgIpc) is 3.03. The van der Waals surface area contributed by atoms with Crippen molar-refractivity contribution < 1.29 is 54.2 Å². The Morgan fingerprint density at radius 1 is 0.586 bits per heavy atom. The predicted molar refractivity (Wildman–Crippen MR) is 227 cm³/mol. The molecule has 0 aliphatic heterocycles. The van der Waals surface area contributed by atoms with Gasteiger partial charge in [-0.3, -0.25) is 9.59 Å². The minimum Gasteiger partial charge on any atom is -0.366 e. The maximum atomic E-state index is 12.1. The zero-order valence-electron chi connectivity index (χ0n) is 27.0. The summed E-state index contributed by atoms with van der Waals surface area (Å²) in [6, 6.07) is 16.5. The van der Waals surface area contributed by atoms with Crippen molar-refractivity contribution in [2.75, 3.05) is 0 Å². The van der Waals surface area contributed by atoms with Crippen molar-refractivity contribution in [1.29, 1.82) is 0 Å². The topological polar surface area (TPSA) is 90.8 Å². The Hall–Kier alpha value is 0.520. The number of alkyl halides is 11. The molecule has 31 heteroatoms. The molecule has 3 rings (SSSR count). The minimum atomic E-state index is -4.89. The number of nitrogens with zero attached hydrogens (tertiary/aromatic N) is 1. The molecule has 3 aromatic carbocycles. The van der Waals surface area contributed by atoms with Gasteiger partial charge < -0.3 is 15.7 Å². The van der Waals surface area contributed by atoms with Crippen molar-refractivity contribution in [1.82, 2.24) is 10.6 Å². The molecular formula is C27H19Cl14F9N3O3P2+. The molecule has 3 aromatic rings. The fourth-order valence-electron chi connectivity index (χ4n) is 2.61. The summed E-state index contributed by atoms with van der Waals surface area (Å²) >= 11 is 71.8. The van der Waals surface area contributed by atoms with E-state index in [1.54, 1.807) is 5.32 Å². The summed E-state index contributed by atoms with van der Waals surface area (Å²) < 4.78 is 104. The molecule has 0 aromatic heterocycles. The van der Waals surface area contributed by atoms with Crippen LogP contribution in [0.4, 0.5) is 39.5 Å². The molecule has 0 heterocycles. The SMILES string of the molecule is ClP(Cl)(Cl)(Cl)Cl.Cl[PH+](Cl)Cl.FC(F)(F)C(Cl)N=C(Cl)c1ccc(Cl)cc1.O=C(NC(Cl)C(F)(F)F)c1ccc(Cl)cc1.O=C(NC(O)C(F)(F)F)c1ccc(Cl)cc1. The number of benzene rings is 3.